The van der Waals surface area contributed by atoms with Gasteiger partial charge in [0, 0.05) is 12.7 Å². The molecule has 13 heavy (non-hydrogen) atoms. The summed E-state index contributed by atoms with van der Waals surface area (Å²) in [5.74, 6) is 0. The Morgan fingerprint density at radius 1 is 1.54 bits per heavy atom. The van der Waals surface area contributed by atoms with Crippen molar-refractivity contribution in [2.45, 2.75) is 13.0 Å². The van der Waals surface area contributed by atoms with E-state index in [1.807, 2.05) is 22.6 Å². The summed E-state index contributed by atoms with van der Waals surface area (Å²) in [5, 5.41) is 0. The summed E-state index contributed by atoms with van der Waals surface area (Å²) in [5.41, 5.74) is 10.7. The number of alkyl halides is 2. The highest BCUT2D eigenvalue weighted by molar-refractivity contribution is 14.1. The maximum atomic E-state index is 12.5. The summed E-state index contributed by atoms with van der Waals surface area (Å²) in [7, 11) is 0. The SMILES string of the molecule is NCc1ncc(I)c(N)c1C(F)F. The van der Waals surface area contributed by atoms with Gasteiger partial charge in [-0.15, -0.1) is 0 Å². The molecule has 6 heteroatoms. The van der Waals surface area contributed by atoms with E-state index in [1.165, 1.54) is 6.20 Å². The smallest absolute Gasteiger partial charge is 0.267 e. The molecular weight excluding hydrogens is 291 g/mol. The summed E-state index contributed by atoms with van der Waals surface area (Å²) in [6.45, 7) is -0.0270. The number of hydrogen-bond donors (Lipinski definition) is 2. The van der Waals surface area contributed by atoms with Crippen molar-refractivity contribution in [1.82, 2.24) is 4.98 Å². The molecule has 0 unspecified atom stereocenters. The lowest BCUT2D eigenvalue weighted by Crippen LogP contribution is -2.09. The van der Waals surface area contributed by atoms with Crippen LogP contribution in [0.15, 0.2) is 6.20 Å². The lowest BCUT2D eigenvalue weighted by molar-refractivity contribution is 0.150. The fraction of sp³-hybridized carbons (Fsp3) is 0.286. The summed E-state index contributed by atoms with van der Waals surface area (Å²) < 4.78 is 25.5. The molecule has 0 bridgehead atoms. The van der Waals surface area contributed by atoms with Crippen LogP contribution in [0, 0.1) is 3.57 Å². The van der Waals surface area contributed by atoms with Gasteiger partial charge in [0.25, 0.3) is 6.43 Å². The number of pyridine rings is 1. The van der Waals surface area contributed by atoms with E-state index in [0.29, 0.717) is 3.57 Å². The van der Waals surface area contributed by atoms with E-state index in [9.17, 15) is 8.78 Å². The minimum Gasteiger partial charge on any atom is -0.397 e. The Morgan fingerprint density at radius 3 is 2.62 bits per heavy atom. The molecule has 0 radical (unpaired) electrons. The highest BCUT2D eigenvalue weighted by atomic mass is 127. The van der Waals surface area contributed by atoms with Crippen LogP contribution in [0.5, 0.6) is 0 Å². The molecule has 0 aliphatic carbocycles. The van der Waals surface area contributed by atoms with Gasteiger partial charge in [0.1, 0.15) is 0 Å². The second-order valence-corrected chi connectivity index (χ2v) is 3.55. The van der Waals surface area contributed by atoms with Gasteiger partial charge < -0.3 is 11.5 Å². The Kier molecular flexibility index (Phi) is 3.37. The monoisotopic (exact) mass is 299 g/mol. The first kappa shape index (κ1) is 10.6. The fourth-order valence-electron chi connectivity index (χ4n) is 0.964. The molecule has 0 fully saturated rings. The van der Waals surface area contributed by atoms with Crippen molar-refractivity contribution in [1.29, 1.82) is 0 Å². The van der Waals surface area contributed by atoms with Gasteiger partial charge in [0.15, 0.2) is 0 Å². The van der Waals surface area contributed by atoms with E-state index in [0.717, 1.165) is 0 Å². The topological polar surface area (TPSA) is 64.9 Å². The molecule has 0 atom stereocenters. The standard InChI is InChI=1S/C7H8F2IN3/c8-7(9)5-4(1-11)13-2-3(10)6(5)12/h2,7H,1,11H2,(H2,12,13). The van der Waals surface area contributed by atoms with E-state index in [1.54, 1.807) is 0 Å². The quantitative estimate of drug-likeness (QED) is 0.816. The normalized spacial score (nSPS) is 10.8. The first-order chi connectivity index (χ1) is 6.07. The number of nitrogens with zero attached hydrogens (tertiary/aromatic N) is 1. The largest absolute Gasteiger partial charge is 0.397 e. The molecule has 1 heterocycles. The first-order valence-electron chi connectivity index (χ1n) is 3.49. The fourth-order valence-corrected chi connectivity index (χ4v) is 1.39. The third-order valence-electron chi connectivity index (χ3n) is 1.60. The second-order valence-electron chi connectivity index (χ2n) is 2.39. The van der Waals surface area contributed by atoms with Gasteiger partial charge in [-0.3, -0.25) is 4.98 Å². The molecule has 0 saturated heterocycles. The molecule has 72 valence electrons. The van der Waals surface area contributed by atoms with Crippen LogP contribution in [0.2, 0.25) is 0 Å². The molecule has 3 nitrogen and oxygen atoms in total. The van der Waals surface area contributed by atoms with Crippen LogP contribution in [-0.4, -0.2) is 4.98 Å². The van der Waals surface area contributed by atoms with Crippen LogP contribution in [0.25, 0.3) is 0 Å². The lowest BCUT2D eigenvalue weighted by Gasteiger charge is -2.10. The Hall–Kier alpha value is -0.500. The Bertz CT molecular complexity index is 317. The average molecular weight is 299 g/mol. The number of aromatic nitrogens is 1. The van der Waals surface area contributed by atoms with Gasteiger partial charge in [0.2, 0.25) is 0 Å². The number of nitrogen functional groups attached to an aromatic ring is 1. The second kappa shape index (κ2) is 4.14. The van der Waals surface area contributed by atoms with E-state index in [4.69, 9.17) is 11.5 Å². The molecular formula is C7H8F2IN3. The molecule has 1 rings (SSSR count). The van der Waals surface area contributed by atoms with Crippen molar-refractivity contribution in [2.24, 2.45) is 5.73 Å². The summed E-state index contributed by atoms with van der Waals surface area (Å²) in [6, 6.07) is 0. The van der Waals surface area contributed by atoms with Crippen molar-refractivity contribution >= 4 is 28.3 Å². The molecule has 0 aromatic carbocycles. The van der Waals surface area contributed by atoms with E-state index in [-0.39, 0.29) is 23.5 Å². The van der Waals surface area contributed by atoms with Crippen LogP contribution in [0.1, 0.15) is 17.7 Å². The van der Waals surface area contributed by atoms with Crippen LogP contribution in [0.4, 0.5) is 14.5 Å². The molecule has 0 saturated carbocycles. The van der Waals surface area contributed by atoms with Crippen molar-refractivity contribution < 1.29 is 8.78 Å². The third kappa shape index (κ3) is 2.05. The summed E-state index contributed by atoms with van der Waals surface area (Å²) >= 11 is 1.85. The van der Waals surface area contributed by atoms with Crippen molar-refractivity contribution in [2.75, 3.05) is 5.73 Å². The highest BCUT2D eigenvalue weighted by Crippen LogP contribution is 2.30. The maximum absolute atomic E-state index is 12.5. The lowest BCUT2D eigenvalue weighted by atomic mass is 10.1. The van der Waals surface area contributed by atoms with Gasteiger partial charge in [-0.05, 0) is 22.6 Å². The van der Waals surface area contributed by atoms with Gasteiger partial charge in [-0.2, -0.15) is 0 Å². The zero-order chi connectivity index (χ0) is 10.0. The molecule has 0 aliphatic heterocycles. The number of halogens is 3. The third-order valence-corrected chi connectivity index (χ3v) is 2.46. The number of anilines is 1. The first-order valence-corrected chi connectivity index (χ1v) is 4.56. The minimum atomic E-state index is -2.62. The van der Waals surface area contributed by atoms with Crippen molar-refractivity contribution in [3.05, 3.63) is 21.0 Å². The van der Waals surface area contributed by atoms with Gasteiger partial charge >= 0.3 is 0 Å². The van der Waals surface area contributed by atoms with E-state index in [2.05, 4.69) is 4.98 Å². The Morgan fingerprint density at radius 2 is 2.15 bits per heavy atom. The van der Waals surface area contributed by atoms with Crippen LogP contribution >= 0.6 is 22.6 Å². The maximum Gasteiger partial charge on any atom is 0.267 e. The van der Waals surface area contributed by atoms with Gasteiger partial charge in [-0.1, -0.05) is 0 Å². The minimum absolute atomic E-state index is 0.0270. The molecule has 0 spiro atoms. The summed E-state index contributed by atoms with van der Waals surface area (Å²) in [6.07, 6.45) is -1.19. The van der Waals surface area contributed by atoms with Gasteiger partial charge in [0.05, 0.1) is 20.5 Å². The number of hydrogen-bond acceptors (Lipinski definition) is 3. The Labute approximate surface area is 87.7 Å². The predicted octanol–water partition coefficient (Wildman–Crippen LogP) is 1.66. The Balaban J connectivity index is 3.32. The molecule has 1 aromatic rings. The molecule has 4 N–H and O–H groups in total. The van der Waals surface area contributed by atoms with Crippen LogP contribution < -0.4 is 11.5 Å². The van der Waals surface area contributed by atoms with Crippen molar-refractivity contribution in [3.8, 4) is 0 Å². The number of rotatable bonds is 2. The van der Waals surface area contributed by atoms with Gasteiger partial charge in [-0.25, -0.2) is 8.78 Å². The summed E-state index contributed by atoms with van der Waals surface area (Å²) in [4.78, 5) is 3.79. The molecule has 1 aromatic heterocycles. The number of nitrogens with two attached hydrogens (primary N) is 2. The van der Waals surface area contributed by atoms with Crippen molar-refractivity contribution in [3.63, 3.8) is 0 Å². The van der Waals surface area contributed by atoms with Crippen LogP contribution in [0.3, 0.4) is 0 Å². The van der Waals surface area contributed by atoms with E-state index < -0.39 is 6.43 Å². The van der Waals surface area contributed by atoms with E-state index >= 15 is 0 Å². The zero-order valence-electron chi connectivity index (χ0n) is 6.60. The highest BCUT2D eigenvalue weighted by Gasteiger charge is 2.18. The average Bonchev–Trinajstić information content (AvgIpc) is 2.08. The van der Waals surface area contributed by atoms with Crippen LogP contribution in [-0.2, 0) is 6.54 Å². The molecule has 0 aliphatic rings. The molecule has 0 amide bonds. The predicted molar refractivity (Wildman–Crippen MR) is 54.2 cm³/mol. The zero-order valence-corrected chi connectivity index (χ0v) is 8.76.